The number of hydrogen-bond donors (Lipinski definition) is 3. The van der Waals surface area contributed by atoms with Crippen molar-refractivity contribution in [1.82, 2.24) is 20.6 Å². The number of thioether (sulfide) groups is 1. The van der Waals surface area contributed by atoms with E-state index in [1.54, 1.807) is 0 Å². The molecule has 3 amide bonds. The minimum atomic E-state index is -0.667. The Bertz CT molecular complexity index is 698. The van der Waals surface area contributed by atoms with Crippen LogP contribution in [0, 0.1) is 0 Å². The van der Waals surface area contributed by atoms with Crippen LogP contribution in [-0.2, 0) is 14.3 Å². The maximum atomic E-state index is 11.5. The zero-order valence-electron chi connectivity index (χ0n) is 13.1. The summed E-state index contributed by atoms with van der Waals surface area (Å²) in [5.74, 6) is -0.453. The number of hydrogen-bond acceptors (Lipinski definition) is 6. The fourth-order valence-electron chi connectivity index (χ4n) is 1.83. The molecule has 0 aliphatic heterocycles. The number of H-pyrrole nitrogens is 1. The molecule has 9 heteroatoms. The predicted molar refractivity (Wildman–Crippen MR) is 89.6 cm³/mol. The molecule has 24 heavy (non-hydrogen) atoms. The summed E-state index contributed by atoms with van der Waals surface area (Å²) in [7, 11) is 1.38. The highest BCUT2D eigenvalue weighted by atomic mass is 32.2. The summed E-state index contributed by atoms with van der Waals surface area (Å²) >= 11 is 1.52. The Hall–Kier alpha value is -2.55. The van der Waals surface area contributed by atoms with Crippen molar-refractivity contribution in [2.24, 2.45) is 0 Å². The normalized spacial score (nSPS) is 10.4. The molecule has 2 rings (SSSR count). The SMILES string of the molecule is CNC(=O)NC(=O)COC(=O)CCCSc1nc2ccccc2[nH]1. The van der Waals surface area contributed by atoms with Gasteiger partial charge in [0.05, 0.1) is 11.0 Å². The molecule has 0 saturated carbocycles. The molecule has 3 N–H and O–H groups in total. The lowest BCUT2D eigenvalue weighted by Gasteiger charge is -2.05. The number of urea groups is 1. The number of aromatic amines is 1. The molecule has 128 valence electrons. The molecule has 1 aromatic heterocycles. The average molecular weight is 350 g/mol. The standard InChI is InChI=1S/C15H18N4O4S/c1-16-14(22)19-12(20)9-23-13(21)7-4-8-24-15-17-10-5-2-3-6-11(10)18-15/h2-3,5-6H,4,7-9H2,1H3,(H,17,18)(H2,16,19,20,22). The van der Waals surface area contributed by atoms with Crippen LogP contribution in [0.5, 0.6) is 0 Å². The first-order valence-corrected chi connectivity index (χ1v) is 8.32. The number of ether oxygens (including phenoxy) is 1. The number of imide groups is 1. The highest BCUT2D eigenvalue weighted by Gasteiger charge is 2.10. The smallest absolute Gasteiger partial charge is 0.321 e. The number of aromatic nitrogens is 2. The van der Waals surface area contributed by atoms with Crippen molar-refractivity contribution in [3.05, 3.63) is 24.3 Å². The van der Waals surface area contributed by atoms with Gasteiger partial charge >= 0.3 is 12.0 Å². The van der Waals surface area contributed by atoms with Gasteiger partial charge in [-0.15, -0.1) is 0 Å². The summed E-state index contributed by atoms with van der Waals surface area (Å²) in [4.78, 5) is 41.3. The molecule has 0 aliphatic rings. The van der Waals surface area contributed by atoms with Gasteiger partial charge in [-0.3, -0.25) is 14.9 Å². The summed E-state index contributed by atoms with van der Waals surface area (Å²) < 4.78 is 4.79. The molecule has 0 spiro atoms. The molecule has 1 heterocycles. The van der Waals surface area contributed by atoms with Gasteiger partial charge in [-0.1, -0.05) is 23.9 Å². The van der Waals surface area contributed by atoms with Crippen molar-refractivity contribution in [3.8, 4) is 0 Å². The third-order valence-corrected chi connectivity index (χ3v) is 3.94. The van der Waals surface area contributed by atoms with Gasteiger partial charge in [0, 0.05) is 19.2 Å². The van der Waals surface area contributed by atoms with Crippen LogP contribution in [0.3, 0.4) is 0 Å². The van der Waals surface area contributed by atoms with Crippen molar-refractivity contribution in [3.63, 3.8) is 0 Å². The Kier molecular flexibility index (Phi) is 6.62. The van der Waals surface area contributed by atoms with E-state index in [2.05, 4.69) is 15.3 Å². The van der Waals surface area contributed by atoms with Gasteiger partial charge < -0.3 is 15.0 Å². The highest BCUT2D eigenvalue weighted by Crippen LogP contribution is 2.20. The Morgan fingerprint density at radius 1 is 1.29 bits per heavy atom. The van der Waals surface area contributed by atoms with Crippen molar-refractivity contribution in [2.75, 3.05) is 19.4 Å². The third kappa shape index (κ3) is 5.58. The second kappa shape index (κ2) is 8.92. The molecule has 0 aliphatic carbocycles. The number of nitrogens with zero attached hydrogens (tertiary/aromatic N) is 1. The topological polar surface area (TPSA) is 113 Å². The second-order valence-corrected chi connectivity index (χ2v) is 5.88. The van der Waals surface area contributed by atoms with Crippen LogP contribution in [0.25, 0.3) is 11.0 Å². The van der Waals surface area contributed by atoms with Crippen LogP contribution in [0.15, 0.2) is 29.4 Å². The minimum Gasteiger partial charge on any atom is -0.456 e. The first-order chi connectivity index (χ1) is 11.6. The molecule has 2 aromatic rings. The molecule has 0 atom stereocenters. The molecule has 0 saturated heterocycles. The van der Waals surface area contributed by atoms with Crippen molar-refractivity contribution < 1.29 is 19.1 Å². The summed E-state index contributed by atoms with van der Waals surface area (Å²) in [5.41, 5.74) is 1.88. The van der Waals surface area contributed by atoms with Crippen LogP contribution in [-0.4, -0.2) is 47.3 Å². The molecule has 0 bridgehead atoms. The Labute approximate surface area is 142 Å². The number of nitrogens with one attached hydrogen (secondary N) is 3. The lowest BCUT2D eigenvalue weighted by Crippen LogP contribution is -2.39. The number of carbonyl (C=O) groups is 3. The van der Waals surface area contributed by atoms with E-state index in [-0.39, 0.29) is 6.42 Å². The van der Waals surface area contributed by atoms with Gasteiger partial charge in [0.15, 0.2) is 11.8 Å². The highest BCUT2D eigenvalue weighted by molar-refractivity contribution is 7.99. The van der Waals surface area contributed by atoms with Crippen LogP contribution in [0.4, 0.5) is 4.79 Å². The van der Waals surface area contributed by atoms with Crippen LogP contribution >= 0.6 is 11.8 Å². The zero-order valence-corrected chi connectivity index (χ0v) is 13.9. The summed E-state index contributed by atoms with van der Waals surface area (Å²) in [6, 6.07) is 7.10. The minimum absolute atomic E-state index is 0.195. The van der Waals surface area contributed by atoms with Gasteiger partial charge in [0.2, 0.25) is 0 Å². The number of fused-ring (bicyclic) bond motifs is 1. The number of amides is 3. The van der Waals surface area contributed by atoms with E-state index in [1.807, 2.05) is 29.6 Å². The van der Waals surface area contributed by atoms with Gasteiger partial charge in [-0.05, 0) is 18.6 Å². The van der Waals surface area contributed by atoms with E-state index >= 15 is 0 Å². The van der Waals surface area contributed by atoms with Gasteiger partial charge in [-0.2, -0.15) is 0 Å². The first kappa shape index (κ1) is 17.8. The van der Waals surface area contributed by atoms with E-state index in [0.717, 1.165) is 16.2 Å². The van der Waals surface area contributed by atoms with Crippen molar-refractivity contribution in [2.45, 2.75) is 18.0 Å². The number of imidazole rings is 1. The maximum absolute atomic E-state index is 11.5. The average Bonchev–Trinajstić information content (AvgIpc) is 2.99. The van der Waals surface area contributed by atoms with Crippen LogP contribution < -0.4 is 10.6 Å². The summed E-state index contributed by atoms with van der Waals surface area (Å²) in [5, 5.41) is 5.03. The van der Waals surface area contributed by atoms with E-state index in [1.165, 1.54) is 18.8 Å². The zero-order chi connectivity index (χ0) is 17.4. The van der Waals surface area contributed by atoms with E-state index in [9.17, 15) is 14.4 Å². The number of benzene rings is 1. The molecule has 8 nitrogen and oxygen atoms in total. The molecular weight excluding hydrogens is 332 g/mol. The molecule has 0 unspecified atom stereocenters. The number of para-hydroxylation sites is 2. The van der Waals surface area contributed by atoms with Crippen molar-refractivity contribution >= 4 is 40.7 Å². The third-order valence-electron chi connectivity index (χ3n) is 2.98. The van der Waals surface area contributed by atoms with Crippen molar-refractivity contribution in [1.29, 1.82) is 0 Å². The molecule has 0 radical (unpaired) electrons. The lowest BCUT2D eigenvalue weighted by atomic mass is 10.3. The maximum Gasteiger partial charge on any atom is 0.321 e. The van der Waals surface area contributed by atoms with Gasteiger partial charge in [0.1, 0.15) is 0 Å². The lowest BCUT2D eigenvalue weighted by molar-refractivity contribution is -0.148. The first-order valence-electron chi connectivity index (χ1n) is 7.33. The predicted octanol–water partition coefficient (Wildman–Crippen LogP) is 1.43. The monoisotopic (exact) mass is 350 g/mol. The summed E-state index contributed by atoms with van der Waals surface area (Å²) in [6.07, 6.45) is 0.790. The van der Waals surface area contributed by atoms with Crippen LogP contribution in [0.1, 0.15) is 12.8 Å². The van der Waals surface area contributed by atoms with Crippen LogP contribution in [0.2, 0.25) is 0 Å². The fourth-order valence-corrected chi connectivity index (χ4v) is 2.65. The summed E-state index contributed by atoms with van der Waals surface area (Å²) in [6.45, 7) is -0.469. The number of esters is 1. The molecule has 1 aromatic carbocycles. The molecule has 0 fully saturated rings. The van der Waals surface area contributed by atoms with E-state index in [4.69, 9.17) is 4.74 Å². The second-order valence-electron chi connectivity index (χ2n) is 4.80. The quantitative estimate of drug-likeness (QED) is 0.395. The van der Waals surface area contributed by atoms with E-state index < -0.39 is 24.5 Å². The van der Waals surface area contributed by atoms with Gasteiger partial charge in [0.25, 0.3) is 5.91 Å². The largest absolute Gasteiger partial charge is 0.456 e. The molecular formula is C15H18N4O4S. The van der Waals surface area contributed by atoms with E-state index in [0.29, 0.717) is 12.2 Å². The Morgan fingerprint density at radius 3 is 2.83 bits per heavy atom. The number of rotatable bonds is 7. The Balaban J connectivity index is 1.62. The number of carbonyl (C=O) groups excluding carboxylic acids is 3. The Morgan fingerprint density at radius 2 is 2.08 bits per heavy atom. The fraction of sp³-hybridized carbons (Fsp3) is 0.333. The van der Waals surface area contributed by atoms with Gasteiger partial charge in [-0.25, -0.2) is 9.78 Å².